The van der Waals surface area contributed by atoms with E-state index >= 15 is 0 Å². The number of rotatable bonds is 5. The number of hydrogen-bond acceptors (Lipinski definition) is 3. The summed E-state index contributed by atoms with van der Waals surface area (Å²) >= 11 is 5.13. The second-order valence-corrected chi connectivity index (χ2v) is 5.71. The number of carbonyl (C=O) groups is 1. The van der Waals surface area contributed by atoms with Crippen molar-refractivity contribution in [2.75, 3.05) is 20.1 Å². The van der Waals surface area contributed by atoms with Crippen LogP contribution >= 0.6 is 27.3 Å². The van der Waals surface area contributed by atoms with Gasteiger partial charge in [0.1, 0.15) is 0 Å². The highest BCUT2D eigenvalue weighted by atomic mass is 79.9. The quantitative estimate of drug-likeness (QED) is 0.886. The van der Waals surface area contributed by atoms with Gasteiger partial charge in [-0.25, -0.2) is 0 Å². The van der Waals surface area contributed by atoms with Gasteiger partial charge < -0.3 is 5.73 Å². The minimum Gasteiger partial charge on any atom is -0.369 e. The van der Waals surface area contributed by atoms with Gasteiger partial charge in [0.25, 0.3) is 0 Å². The summed E-state index contributed by atoms with van der Waals surface area (Å²) in [5.41, 5.74) is 5.08. The molecule has 0 saturated heterocycles. The highest BCUT2D eigenvalue weighted by Crippen LogP contribution is 2.22. The lowest BCUT2D eigenvalue weighted by atomic mass is 10.3. The van der Waals surface area contributed by atoms with Crippen LogP contribution in [0, 0.1) is 0 Å². The van der Waals surface area contributed by atoms with Crippen molar-refractivity contribution in [1.82, 2.24) is 4.90 Å². The first-order valence-corrected chi connectivity index (χ1v) is 5.90. The van der Waals surface area contributed by atoms with Crippen LogP contribution in [0.5, 0.6) is 0 Å². The van der Waals surface area contributed by atoms with Gasteiger partial charge in [0.2, 0.25) is 5.91 Å². The molecule has 0 aliphatic heterocycles. The lowest BCUT2D eigenvalue weighted by molar-refractivity contribution is -0.118. The first-order valence-electron chi connectivity index (χ1n) is 4.29. The summed E-state index contributed by atoms with van der Waals surface area (Å²) < 4.78 is 1.14. The second kappa shape index (κ2) is 5.48. The van der Waals surface area contributed by atoms with Crippen molar-refractivity contribution in [2.24, 2.45) is 5.73 Å². The molecule has 0 saturated carbocycles. The normalized spacial score (nSPS) is 10.8. The number of nitrogens with two attached hydrogens (primary N) is 1. The van der Waals surface area contributed by atoms with Crippen molar-refractivity contribution in [1.29, 1.82) is 0 Å². The van der Waals surface area contributed by atoms with E-state index in [0.717, 1.165) is 16.8 Å². The summed E-state index contributed by atoms with van der Waals surface area (Å²) in [7, 11) is 1.90. The van der Waals surface area contributed by atoms with Crippen molar-refractivity contribution in [2.45, 2.75) is 6.42 Å². The molecule has 0 aliphatic carbocycles. The minimum atomic E-state index is -0.278. The topological polar surface area (TPSA) is 46.3 Å². The SMILES string of the molecule is CN(CCc1ccc(Br)s1)CC(N)=O. The molecule has 1 rings (SSSR count). The minimum absolute atomic E-state index is 0.278. The number of thiophene rings is 1. The van der Waals surface area contributed by atoms with Crippen LogP contribution in [-0.4, -0.2) is 30.9 Å². The summed E-state index contributed by atoms with van der Waals surface area (Å²) in [5, 5.41) is 0. The maximum atomic E-state index is 10.6. The van der Waals surface area contributed by atoms with Crippen LogP contribution in [0.1, 0.15) is 4.88 Å². The number of carbonyl (C=O) groups excluding carboxylic acids is 1. The first-order chi connectivity index (χ1) is 6.58. The standard InChI is InChI=1S/C9H13BrN2OS/c1-12(6-9(11)13)5-4-7-2-3-8(10)14-7/h2-3H,4-6H2,1H3,(H2,11,13). The van der Waals surface area contributed by atoms with E-state index in [1.165, 1.54) is 4.88 Å². The monoisotopic (exact) mass is 276 g/mol. The third-order valence-electron chi connectivity index (χ3n) is 1.79. The van der Waals surface area contributed by atoms with Crippen LogP contribution in [0.3, 0.4) is 0 Å². The summed E-state index contributed by atoms with van der Waals surface area (Å²) in [6.45, 7) is 1.18. The molecule has 0 fully saturated rings. The summed E-state index contributed by atoms with van der Waals surface area (Å²) in [6.07, 6.45) is 0.958. The van der Waals surface area contributed by atoms with Crippen molar-refractivity contribution in [3.63, 3.8) is 0 Å². The van der Waals surface area contributed by atoms with E-state index in [2.05, 4.69) is 22.0 Å². The molecule has 2 N–H and O–H groups in total. The summed E-state index contributed by atoms with van der Waals surface area (Å²) in [6, 6.07) is 4.13. The number of primary amides is 1. The van der Waals surface area contributed by atoms with Gasteiger partial charge in [-0.1, -0.05) is 0 Å². The van der Waals surface area contributed by atoms with Crippen LogP contribution in [0.15, 0.2) is 15.9 Å². The smallest absolute Gasteiger partial charge is 0.231 e. The Morgan fingerprint density at radius 2 is 2.36 bits per heavy atom. The molecule has 0 spiro atoms. The Morgan fingerprint density at radius 1 is 1.64 bits per heavy atom. The van der Waals surface area contributed by atoms with Gasteiger partial charge in [0.15, 0.2) is 0 Å². The molecule has 0 aromatic carbocycles. The van der Waals surface area contributed by atoms with E-state index < -0.39 is 0 Å². The van der Waals surface area contributed by atoms with E-state index in [9.17, 15) is 4.79 Å². The number of nitrogens with zero attached hydrogens (tertiary/aromatic N) is 1. The maximum absolute atomic E-state index is 10.6. The molecular weight excluding hydrogens is 264 g/mol. The molecule has 5 heteroatoms. The Labute approximate surface area is 96.0 Å². The van der Waals surface area contributed by atoms with Gasteiger partial charge in [-0.05, 0) is 41.5 Å². The van der Waals surface area contributed by atoms with Crippen LogP contribution in [-0.2, 0) is 11.2 Å². The average molecular weight is 277 g/mol. The molecule has 3 nitrogen and oxygen atoms in total. The molecule has 14 heavy (non-hydrogen) atoms. The molecule has 1 amide bonds. The Hall–Kier alpha value is -0.390. The van der Waals surface area contributed by atoms with Crippen LogP contribution in [0.2, 0.25) is 0 Å². The number of likely N-dealkylation sites (N-methyl/N-ethyl adjacent to an activating group) is 1. The van der Waals surface area contributed by atoms with Crippen LogP contribution in [0.25, 0.3) is 0 Å². The largest absolute Gasteiger partial charge is 0.369 e. The van der Waals surface area contributed by atoms with Gasteiger partial charge in [0.05, 0.1) is 10.3 Å². The van der Waals surface area contributed by atoms with Crippen molar-refractivity contribution in [3.05, 3.63) is 20.8 Å². The summed E-state index contributed by atoms with van der Waals surface area (Å²) in [4.78, 5) is 13.8. The zero-order chi connectivity index (χ0) is 10.6. The van der Waals surface area contributed by atoms with Crippen LogP contribution in [0.4, 0.5) is 0 Å². The lowest BCUT2D eigenvalue weighted by Crippen LogP contribution is -2.31. The number of halogens is 1. The highest BCUT2D eigenvalue weighted by molar-refractivity contribution is 9.11. The third kappa shape index (κ3) is 4.21. The van der Waals surface area contributed by atoms with Crippen molar-refractivity contribution < 1.29 is 4.79 Å². The van der Waals surface area contributed by atoms with Gasteiger partial charge in [-0.2, -0.15) is 0 Å². The number of hydrogen-bond donors (Lipinski definition) is 1. The molecular formula is C9H13BrN2OS. The summed E-state index contributed by atoms with van der Waals surface area (Å²) in [5.74, 6) is -0.278. The van der Waals surface area contributed by atoms with E-state index in [4.69, 9.17) is 5.73 Å². The lowest BCUT2D eigenvalue weighted by Gasteiger charge is -2.12. The average Bonchev–Trinajstić information content (AvgIpc) is 2.47. The van der Waals surface area contributed by atoms with Gasteiger partial charge in [-0.15, -0.1) is 11.3 Å². The molecule has 1 aromatic rings. The molecule has 0 unspecified atom stereocenters. The molecule has 0 atom stereocenters. The third-order valence-corrected chi connectivity index (χ3v) is 3.48. The van der Waals surface area contributed by atoms with Crippen molar-refractivity contribution >= 4 is 33.2 Å². The predicted octanol–water partition coefficient (Wildman–Crippen LogP) is 1.47. The van der Waals surface area contributed by atoms with Crippen molar-refractivity contribution in [3.8, 4) is 0 Å². The predicted molar refractivity (Wildman–Crippen MR) is 62.4 cm³/mol. The molecule has 0 bridgehead atoms. The number of amides is 1. The Bertz CT molecular complexity index is 314. The molecule has 78 valence electrons. The van der Waals surface area contributed by atoms with E-state index in [1.54, 1.807) is 11.3 Å². The van der Waals surface area contributed by atoms with E-state index in [1.807, 2.05) is 18.0 Å². The van der Waals surface area contributed by atoms with E-state index in [-0.39, 0.29) is 5.91 Å². The second-order valence-electron chi connectivity index (χ2n) is 3.16. The van der Waals surface area contributed by atoms with Gasteiger partial charge in [0, 0.05) is 11.4 Å². The van der Waals surface area contributed by atoms with E-state index in [0.29, 0.717) is 6.54 Å². The molecule has 0 aliphatic rings. The molecule has 0 radical (unpaired) electrons. The van der Waals surface area contributed by atoms with Gasteiger partial charge in [-0.3, -0.25) is 9.69 Å². The molecule has 1 heterocycles. The zero-order valence-electron chi connectivity index (χ0n) is 8.00. The Balaban J connectivity index is 2.30. The zero-order valence-corrected chi connectivity index (χ0v) is 10.4. The fourth-order valence-corrected chi connectivity index (χ4v) is 2.60. The fraction of sp³-hybridized carbons (Fsp3) is 0.444. The molecule has 1 aromatic heterocycles. The van der Waals surface area contributed by atoms with Gasteiger partial charge >= 0.3 is 0 Å². The first kappa shape index (κ1) is 11.7. The fourth-order valence-electron chi connectivity index (χ4n) is 1.13. The Morgan fingerprint density at radius 3 is 2.86 bits per heavy atom. The Kier molecular flexibility index (Phi) is 4.57. The highest BCUT2D eigenvalue weighted by Gasteiger charge is 2.03. The van der Waals surface area contributed by atoms with Crippen LogP contribution < -0.4 is 5.73 Å². The maximum Gasteiger partial charge on any atom is 0.231 e.